The number of carbonyl (C=O) groups excluding carboxylic acids is 1. The number of nitrogens with one attached hydrogen (secondary N) is 1. The minimum atomic E-state index is -0.911. The second-order valence-electron chi connectivity index (χ2n) is 8.74. The van der Waals surface area contributed by atoms with E-state index in [1.165, 1.54) is 17.8 Å². The van der Waals surface area contributed by atoms with Crippen LogP contribution in [0.5, 0.6) is 5.88 Å². The summed E-state index contributed by atoms with van der Waals surface area (Å²) in [6.45, 7) is 2.15. The van der Waals surface area contributed by atoms with Gasteiger partial charge in [0.25, 0.3) is 5.91 Å². The predicted molar refractivity (Wildman–Crippen MR) is 128 cm³/mol. The molecular weight excluding hydrogens is 437 g/mol. The lowest BCUT2D eigenvalue weighted by Gasteiger charge is -2.52. The van der Waals surface area contributed by atoms with Crippen molar-refractivity contribution in [2.45, 2.75) is 25.3 Å². The van der Waals surface area contributed by atoms with Crippen molar-refractivity contribution < 1.29 is 13.9 Å². The second kappa shape index (κ2) is 8.30. The van der Waals surface area contributed by atoms with Gasteiger partial charge in [0.1, 0.15) is 11.4 Å². The molecule has 2 aliphatic rings. The summed E-state index contributed by atoms with van der Waals surface area (Å²) in [6.07, 6.45) is 2.88. The van der Waals surface area contributed by atoms with Crippen LogP contribution >= 0.6 is 11.8 Å². The van der Waals surface area contributed by atoms with Gasteiger partial charge in [0.05, 0.1) is 7.11 Å². The SMILES string of the molecule is COc1nccc2c1C[C@]1(c3ccccc3F)N=C(NC(=O)c3ccccc3)SC[C@]1(C)C2. The lowest BCUT2D eigenvalue weighted by molar-refractivity contribution is 0.0975. The van der Waals surface area contributed by atoms with Gasteiger partial charge in [-0.05, 0) is 36.2 Å². The van der Waals surface area contributed by atoms with E-state index in [9.17, 15) is 4.79 Å². The zero-order chi connectivity index (χ0) is 23.1. The molecular formula is C26H24FN3O2S. The molecule has 1 aliphatic carbocycles. The quantitative estimate of drug-likeness (QED) is 0.611. The summed E-state index contributed by atoms with van der Waals surface area (Å²) in [5.41, 5.74) is 1.87. The van der Waals surface area contributed by atoms with Crippen molar-refractivity contribution in [3.8, 4) is 5.88 Å². The highest BCUT2D eigenvalue weighted by atomic mass is 32.2. The van der Waals surface area contributed by atoms with Crippen molar-refractivity contribution in [1.82, 2.24) is 10.3 Å². The van der Waals surface area contributed by atoms with Crippen molar-refractivity contribution >= 4 is 22.8 Å². The molecule has 33 heavy (non-hydrogen) atoms. The number of amidine groups is 1. The van der Waals surface area contributed by atoms with Crippen molar-refractivity contribution in [1.29, 1.82) is 0 Å². The standard InChI is InChI=1S/C26H24FN3O2S/c1-25-14-18-12-13-28-23(32-2)19(18)15-26(25,20-10-6-7-11-21(20)27)30-24(33-16-25)29-22(31)17-8-4-3-5-9-17/h3-13H,14-16H2,1-2H3,(H,29,30,31)/t25-,26+/m0/s1. The molecule has 1 amide bonds. The highest BCUT2D eigenvalue weighted by molar-refractivity contribution is 8.14. The van der Waals surface area contributed by atoms with E-state index in [1.54, 1.807) is 37.6 Å². The van der Waals surface area contributed by atoms with Gasteiger partial charge in [-0.2, -0.15) is 0 Å². The first-order valence-corrected chi connectivity index (χ1v) is 11.8. The molecule has 1 aliphatic heterocycles. The molecule has 2 aromatic carbocycles. The summed E-state index contributed by atoms with van der Waals surface area (Å²) in [4.78, 5) is 22.3. The first-order valence-electron chi connectivity index (χ1n) is 10.8. The van der Waals surface area contributed by atoms with Crippen molar-refractivity contribution in [2.24, 2.45) is 10.4 Å². The van der Waals surface area contributed by atoms with Crippen LogP contribution in [0.3, 0.4) is 0 Å². The molecule has 3 aromatic rings. The summed E-state index contributed by atoms with van der Waals surface area (Å²) in [5.74, 6) is 0.678. The lowest BCUT2D eigenvalue weighted by Crippen LogP contribution is -2.54. The second-order valence-corrected chi connectivity index (χ2v) is 9.70. The minimum Gasteiger partial charge on any atom is -0.481 e. The fourth-order valence-electron chi connectivity index (χ4n) is 4.96. The van der Waals surface area contributed by atoms with Crippen LogP contribution in [0, 0.1) is 11.2 Å². The average molecular weight is 462 g/mol. The van der Waals surface area contributed by atoms with Crippen LogP contribution in [0.15, 0.2) is 71.9 Å². The zero-order valence-electron chi connectivity index (χ0n) is 18.5. The number of aliphatic imine (C=N–C) groups is 1. The van der Waals surface area contributed by atoms with Gasteiger partial charge in [0.2, 0.25) is 5.88 Å². The Morgan fingerprint density at radius 3 is 2.61 bits per heavy atom. The highest BCUT2D eigenvalue weighted by Crippen LogP contribution is 2.56. The van der Waals surface area contributed by atoms with Crippen LogP contribution in [0.2, 0.25) is 0 Å². The summed E-state index contributed by atoms with van der Waals surface area (Å²) in [5, 5.41) is 3.45. The van der Waals surface area contributed by atoms with Crippen LogP contribution < -0.4 is 10.1 Å². The molecule has 0 spiro atoms. The summed E-state index contributed by atoms with van der Waals surface area (Å²) in [6, 6.07) is 17.8. The summed E-state index contributed by atoms with van der Waals surface area (Å²) >= 11 is 1.50. The zero-order valence-corrected chi connectivity index (χ0v) is 19.3. The normalized spacial score (nSPS) is 23.7. The number of halogens is 1. The molecule has 5 rings (SSSR count). The number of fused-ring (bicyclic) bond motifs is 2. The van der Waals surface area contributed by atoms with Crippen LogP contribution in [-0.2, 0) is 18.4 Å². The minimum absolute atomic E-state index is 0.232. The van der Waals surface area contributed by atoms with Gasteiger partial charge >= 0.3 is 0 Å². The number of hydrogen-bond donors (Lipinski definition) is 1. The highest BCUT2D eigenvalue weighted by Gasteiger charge is 2.56. The van der Waals surface area contributed by atoms with Crippen molar-refractivity contribution in [3.63, 3.8) is 0 Å². The van der Waals surface area contributed by atoms with E-state index in [-0.39, 0.29) is 17.1 Å². The maximum absolute atomic E-state index is 15.3. The number of amides is 1. The van der Waals surface area contributed by atoms with Gasteiger partial charge in [-0.15, -0.1) is 0 Å². The molecule has 2 heterocycles. The van der Waals surface area contributed by atoms with Gasteiger partial charge in [0, 0.05) is 40.5 Å². The fourth-order valence-corrected chi connectivity index (χ4v) is 6.14. The topological polar surface area (TPSA) is 63.6 Å². The van der Waals surface area contributed by atoms with Crippen molar-refractivity contribution in [2.75, 3.05) is 12.9 Å². The predicted octanol–water partition coefficient (Wildman–Crippen LogP) is 4.76. The third-order valence-corrected chi connectivity index (χ3v) is 7.96. The molecule has 0 saturated heterocycles. The van der Waals surface area contributed by atoms with E-state index < -0.39 is 5.54 Å². The monoisotopic (exact) mass is 461 g/mol. The number of pyridine rings is 1. The number of aromatic nitrogens is 1. The number of hydrogen-bond acceptors (Lipinski definition) is 5. The van der Waals surface area contributed by atoms with E-state index in [2.05, 4.69) is 17.2 Å². The molecule has 0 bridgehead atoms. The van der Waals surface area contributed by atoms with Gasteiger partial charge < -0.3 is 10.1 Å². The van der Waals surface area contributed by atoms with E-state index in [4.69, 9.17) is 9.73 Å². The van der Waals surface area contributed by atoms with Gasteiger partial charge in [-0.1, -0.05) is 55.1 Å². The first kappa shape index (κ1) is 21.6. The lowest BCUT2D eigenvalue weighted by atomic mass is 9.59. The Balaban J connectivity index is 1.65. The third-order valence-electron chi connectivity index (χ3n) is 6.71. The number of rotatable bonds is 3. The molecule has 0 radical (unpaired) electrons. The van der Waals surface area contributed by atoms with Crippen molar-refractivity contribution in [3.05, 3.63) is 94.9 Å². The van der Waals surface area contributed by atoms with Crippen LogP contribution in [0.4, 0.5) is 4.39 Å². The van der Waals surface area contributed by atoms with Gasteiger partial charge in [-0.25, -0.2) is 14.4 Å². The Morgan fingerprint density at radius 2 is 1.85 bits per heavy atom. The maximum atomic E-state index is 15.3. The Hall–Kier alpha value is -3.19. The number of ether oxygens (including phenoxy) is 1. The number of thioether (sulfide) groups is 1. The van der Waals surface area contributed by atoms with E-state index in [0.29, 0.717) is 40.8 Å². The molecule has 1 aromatic heterocycles. The molecule has 1 N–H and O–H groups in total. The molecule has 2 atom stereocenters. The molecule has 168 valence electrons. The number of methoxy groups -OCH3 is 1. The van der Waals surface area contributed by atoms with Gasteiger partial charge in [0.15, 0.2) is 5.17 Å². The fraction of sp³-hybridized carbons (Fsp3) is 0.269. The molecule has 0 saturated carbocycles. The Labute approximate surface area is 196 Å². The Morgan fingerprint density at radius 1 is 1.09 bits per heavy atom. The first-order chi connectivity index (χ1) is 16.0. The number of nitrogens with zero attached hydrogens (tertiary/aromatic N) is 2. The molecule has 0 fully saturated rings. The van der Waals surface area contributed by atoms with E-state index in [0.717, 1.165) is 11.1 Å². The van der Waals surface area contributed by atoms with E-state index >= 15 is 4.39 Å². The Bertz CT molecular complexity index is 1250. The number of benzene rings is 2. The Kier molecular flexibility index (Phi) is 5.44. The van der Waals surface area contributed by atoms with Gasteiger partial charge in [-0.3, -0.25) is 4.79 Å². The summed E-state index contributed by atoms with van der Waals surface area (Å²) in [7, 11) is 1.59. The van der Waals surface area contributed by atoms with Crippen LogP contribution in [0.25, 0.3) is 0 Å². The smallest absolute Gasteiger partial charge is 0.257 e. The third kappa shape index (κ3) is 3.60. The largest absolute Gasteiger partial charge is 0.481 e. The van der Waals surface area contributed by atoms with Crippen LogP contribution in [0.1, 0.15) is 34.0 Å². The summed E-state index contributed by atoms with van der Waals surface area (Å²) < 4.78 is 20.9. The van der Waals surface area contributed by atoms with E-state index in [1.807, 2.05) is 30.3 Å². The maximum Gasteiger partial charge on any atom is 0.257 e. The number of carbonyl (C=O) groups is 1. The average Bonchev–Trinajstić information content (AvgIpc) is 2.83. The molecule has 5 nitrogen and oxygen atoms in total. The van der Waals surface area contributed by atoms with Crippen LogP contribution in [-0.4, -0.2) is 28.9 Å². The molecule has 7 heteroatoms. The molecule has 0 unspecified atom stereocenters.